The highest BCUT2D eigenvalue weighted by molar-refractivity contribution is 6.05. The summed E-state index contributed by atoms with van der Waals surface area (Å²) in [6.07, 6.45) is 1.48. The Labute approximate surface area is 175 Å². The SMILES string of the molecule is C[C@@H](C(N)=O)N(C(=O)C(c1ccccc1)c1ccccc1)c1cccc(C=NN)c1. The maximum Gasteiger partial charge on any atom is 0.240 e. The molecular formula is C24H24N4O2. The number of anilines is 1. The lowest BCUT2D eigenvalue weighted by Crippen LogP contribution is -2.48. The zero-order chi connectivity index (χ0) is 21.5. The molecular weight excluding hydrogens is 376 g/mol. The summed E-state index contributed by atoms with van der Waals surface area (Å²) in [7, 11) is 0. The number of rotatable bonds is 7. The van der Waals surface area contributed by atoms with Crippen LogP contribution >= 0.6 is 0 Å². The van der Waals surface area contributed by atoms with Gasteiger partial charge < -0.3 is 11.6 Å². The van der Waals surface area contributed by atoms with E-state index in [1.54, 1.807) is 25.1 Å². The lowest BCUT2D eigenvalue weighted by molar-refractivity contribution is -0.124. The lowest BCUT2D eigenvalue weighted by atomic mass is 9.89. The Morgan fingerprint density at radius 3 is 1.97 bits per heavy atom. The molecule has 0 bridgehead atoms. The standard InChI is InChI=1S/C24H24N4O2/c1-17(23(25)29)28(21-14-8-9-18(15-21)16-27-26)24(30)22(19-10-4-2-5-11-19)20-12-6-3-7-13-20/h2-17,22H,26H2,1H3,(H2,25,29)/t17-/m0/s1. The van der Waals surface area contributed by atoms with Gasteiger partial charge in [-0.2, -0.15) is 5.10 Å². The third-order valence-electron chi connectivity index (χ3n) is 4.92. The molecule has 0 aliphatic rings. The van der Waals surface area contributed by atoms with Crippen molar-refractivity contribution in [3.63, 3.8) is 0 Å². The molecule has 3 rings (SSSR count). The largest absolute Gasteiger partial charge is 0.368 e. The predicted molar refractivity (Wildman–Crippen MR) is 119 cm³/mol. The van der Waals surface area contributed by atoms with Gasteiger partial charge in [0.1, 0.15) is 6.04 Å². The molecule has 0 spiro atoms. The minimum absolute atomic E-state index is 0.250. The molecule has 0 heterocycles. The van der Waals surface area contributed by atoms with E-state index < -0.39 is 17.9 Å². The molecule has 0 saturated heterocycles. The Bertz CT molecular complexity index is 996. The van der Waals surface area contributed by atoms with E-state index in [9.17, 15) is 9.59 Å². The molecule has 0 aliphatic carbocycles. The molecule has 6 nitrogen and oxygen atoms in total. The van der Waals surface area contributed by atoms with Gasteiger partial charge in [0.25, 0.3) is 0 Å². The van der Waals surface area contributed by atoms with E-state index >= 15 is 0 Å². The third kappa shape index (κ3) is 4.55. The molecule has 2 amide bonds. The first-order chi connectivity index (χ1) is 14.5. The number of carbonyl (C=O) groups is 2. The molecule has 4 N–H and O–H groups in total. The van der Waals surface area contributed by atoms with Crippen molar-refractivity contribution in [3.8, 4) is 0 Å². The molecule has 0 fully saturated rings. The average molecular weight is 400 g/mol. The minimum Gasteiger partial charge on any atom is -0.368 e. The second kappa shape index (κ2) is 9.52. The van der Waals surface area contributed by atoms with Gasteiger partial charge in [-0.3, -0.25) is 14.5 Å². The smallest absolute Gasteiger partial charge is 0.240 e. The van der Waals surface area contributed by atoms with Crippen molar-refractivity contribution < 1.29 is 9.59 Å². The van der Waals surface area contributed by atoms with Crippen LogP contribution in [0.1, 0.15) is 29.5 Å². The second-order valence-corrected chi connectivity index (χ2v) is 6.91. The Morgan fingerprint density at radius 1 is 0.900 bits per heavy atom. The highest BCUT2D eigenvalue weighted by Gasteiger charge is 2.33. The van der Waals surface area contributed by atoms with Crippen molar-refractivity contribution in [2.75, 3.05) is 4.90 Å². The molecule has 3 aromatic carbocycles. The molecule has 152 valence electrons. The second-order valence-electron chi connectivity index (χ2n) is 6.91. The fourth-order valence-corrected chi connectivity index (χ4v) is 3.42. The van der Waals surface area contributed by atoms with E-state index in [2.05, 4.69) is 5.10 Å². The molecule has 3 aromatic rings. The summed E-state index contributed by atoms with van der Waals surface area (Å²) in [4.78, 5) is 27.5. The minimum atomic E-state index is -0.850. The summed E-state index contributed by atoms with van der Waals surface area (Å²) < 4.78 is 0. The maximum absolute atomic E-state index is 13.9. The van der Waals surface area contributed by atoms with Crippen molar-refractivity contribution >= 4 is 23.7 Å². The van der Waals surface area contributed by atoms with Gasteiger partial charge in [0.2, 0.25) is 11.8 Å². The molecule has 6 heteroatoms. The number of benzene rings is 3. The van der Waals surface area contributed by atoms with Crippen molar-refractivity contribution in [2.24, 2.45) is 16.7 Å². The first-order valence-electron chi connectivity index (χ1n) is 9.58. The molecule has 1 atom stereocenters. The van der Waals surface area contributed by atoms with Crippen LogP contribution in [0.3, 0.4) is 0 Å². The Kier molecular flexibility index (Phi) is 6.60. The number of carbonyl (C=O) groups excluding carboxylic acids is 2. The van der Waals surface area contributed by atoms with Gasteiger partial charge in [-0.25, -0.2) is 0 Å². The summed E-state index contributed by atoms with van der Waals surface area (Å²) in [5, 5.41) is 3.54. The van der Waals surface area contributed by atoms with Crippen LogP contribution in [0.5, 0.6) is 0 Å². The summed E-state index contributed by atoms with van der Waals surface area (Å²) >= 11 is 0. The molecule has 30 heavy (non-hydrogen) atoms. The summed E-state index contributed by atoms with van der Waals surface area (Å²) in [6.45, 7) is 1.62. The van der Waals surface area contributed by atoms with E-state index in [0.29, 0.717) is 11.3 Å². The van der Waals surface area contributed by atoms with Gasteiger partial charge in [-0.15, -0.1) is 0 Å². The van der Waals surface area contributed by atoms with Crippen LogP contribution < -0.4 is 16.5 Å². The van der Waals surface area contributed by atoms with Crippen LogP contribution in [-0.4, -0.2) is 24.1 Å². The van der Waals surface area contributed by atoms with Crippen LogP contribution in [0.15, 0.2) is 90.0 Å². The third-order valence-corrected chi connectivity index (χ3v) is 4.92. The Morgan fingerprint density at radius 2 is 1.47 bits per heavy atom. The lowest BCUT2D eigenvalue weighted by Gasteiger charge is -2.31. The first kappa shape index (κ1) is 20.8. The van der Waals surface area contributed by atoms with Crippen molar-refractivity contribution in [2.45, 2.75) is 18.9 Å². The number of amides is 2. The molecule has 0 saturated carbocycles. The molecule has 0 radical (unpaired) electrons. The van der Waals surface area contributed by atoms with Crippen molar-refractivity contribution in [1.82, 2.24) is 0 Å². The normalized spacial score (nSPS) is 12.1. The van der Waals surface area contributed by atoms with Crippen LogP contribution in [-0.2, 0) is 9.59 Å². The topological polar surface area (TPSA) is 102 Å². The number of nitrogens with two attached hydrogens (primary N) is 2. The maximum atomic E-state index is 13.9. The zero-order valence-electron chi connectivity index (χ0n) is 16.7. The first-order valence-corrected chi connectivity index (χ1v) is 9.58. The van der Waals surface area contributed by atoms with Crippen molar-refractivity contribution in [1.29, 1.82) is 0 Å². The summed E-state index contributed by atoms with van der Waals surface area (Å²) in [5.74, 6) is 3.83. The van der Waals surface area contributed by atoms with Gasteiger partial charge >= 0.3 is 0 Å². The van der Waals surface area contributed by atoms with Gasteiger partial charge in [0.15, 0.2) is 0 Å². The number of hydrogen-bond donors (Lipinski definition) is 2. The van der Waals surface area contributed by atoms with E-state index in [0.717, 1.165) is 11.1 Å². The van der Waals surface area contributed by atoms with E-state index in [1.165, 1.54) is 11.1 Å². The van der Waals surface area contributed by atoms with Crippen LogP contribution in [0, 0.1) is 0 Å². The van der Waals surface area contributed by atoms with E-state index in [-0.39, 0.29) is 5.91 Å². The van der Waals surface area contributed by atoms with Crippen LogP contribution in [0.2, 0.25) is 0 Å². The van der Waals surface area contributed by atoms with Crippen LogP contribution in [0.25, 0.3) is 0 Å². The predicted octanol–water partition coefficient (Wildman–Crippen LogP) is 3.02. The van der Waals surface area contributed by atoms with Gasteiger partial charge in [0.05, 0.1) is 12.1 Å². The van der Waals surface area contributed by atoms with E-state index in [1.807, 2.05) is 66.7 Å². The molecule has 0 aromatic heterocycles. The summed E-state index contributed by atoms with van der Waals surface area (Å²) in [5.41, 5.74) is 8.52. The highest BCUT2D eigenvalue weighted by atomic mass is 16.2. The number of primary amides is 1. The Balaban J connectivity index is 2.14. The molecule has 0 aliphatic heterocycles. The zero-order valence-corrected chi connectivity index (χ0v) is 16.7. The fourth-order valence-electron chi connectivity index (χ4n) is 3.42. The van der Waals surface area contributed by atoms with Gasteiger partial charge in [0, 0.05) is 5.69 Å². The van der Waals surface area contributed by atoms with E-state index in [4.69, 9.17) is 11.6 Å². The molecule has 0 unspecified atom stereocenters. The number of nitrogens with zero attached hydrogens (tertiary/aromatic N) is 2. The average Bonchev–Trinajstić information content (AvgIpc) is 2.76. The quantitative estimate of drug-likeness (QED) is 0.362. The van der Waals surface area contributed by atoms with Gasteiger partial charge in [-0.1, -0.05) is 72.8 Å². The number of hydrogen-bond acceptors (Lipinski definition) is 4. The monoisotopic (exact) mass is 400 g/mol. The summed E-state index contributed by atoms with van der Waals surface area (Å²) in [6, 6.07) is 25.2. The fraction of sp³-hybridized carbons (Fsp3) is 0.125. The van der Waals surface area contributed by atoms with Crippen LogP contribution in [0.4, 0.5) is 5.69 Å². The van der Waals surface area contributed by atoms with Crippen molar-refractivity contribution in [3.05, 3.63) is 102 Å². The number of hydrazone groups is 1. The highest BCUT2D eigenvalue weighted by Crippen LogP contribution is 2.30. The Hall–Kier alpha value is -3.93. The van der Waals surface area contributed by atoms with Gasteiger partial charge in [-0.05, 0) is 35.7 Å².